The normalized spacial score (nSPS) is 11.3. The number of H-pyrrole nitrogens is 1. The molecule has 0 aliphatic carbocycles. The van der Waals surface area contributed by atoms with E-state index >= 15 is 0 Å². The summed E-state index contributed by atoms with van der Waals surface area (Å²) >= 11 is 0. The molecule has 11 nitrogen and oxygen atoms in total. The molecule has 0 bridgehead atoms. The number of nitrogens with zero attached hydrogens (tertiary/aromatic N) is 3. The van der Waals surface area contributed by atoms with Crippen molar-refractivity contribution in [3.05, 3.63) is 89.8 Å². The summed E-state index contributed by atoms with van der Waals surface area (Å²) in [5.74, 6) is 1.12. The molecule has 0 unspecified atom stereocenters. The minimum Gasteiger partial charge on any atom is -0.408 e. The van der Waals surface area contributed by atoms with E-state index in [9.17, 15) is 13.2 Å². The highest BCUT2D eigenvalue weighted by molar-refractivity contribution is 7.92. The van der Waals surface area contributed by atoms with Gasteiger partial charge in [0.2, 0.25) is 0 Å². The molecule has 34 heavy (non-hydrogen) atoms. The molecule has 170 valence electrons. The van der Waals surface area contributed by atoms with Crippen LogP contribution in [-0.4, -0.2) is 28.4 Å². The van der Waals surface area contributed by atoms with Crippen LogP contribution >= 0.6 is 0 Å². The highest BCUT2D eigenvalue weighted by Gasteiger charge is 2.16. The number of benzene rings is 2. The van der Waals surface area contributed by atoms with Gasteiger partial charge in [0.1, 0.15) is 23.8 Å². The van der Waals surface area contributed by atoms with E-state index in [2.05, 4.69) is 35.3 Å². The Hall–Kier alpha value is -4.71. The van der Waals surface area contributed by atoms with Crippen molar-refractivity contribution in [2.24, 2.45) is 0 Å². The largest absolute Gasteiger partial charge is 0.417 e. The number of aromatic amines is 1. The van der Waals surface area contributed by atoms with Gasteiger partial charge in [-0.1, -0.05) is 6.07 Å². The van der Waals surface area contributed by atoms with Gasteiger partial charge in [-0.25, -0.2) is 28.2 Å². The third kappa shape index (κ3) is 4.71. The van der Waals surface area contributed by atoms with Crippen molar-refractivity contribution in [2.75, 3.05) is 15.4 Å². The minimum absolute atomic E-state index is 0.00632. The first-order valence-electron chi connectivity index (χ1n) is 9.97. The average molecular weight is 475 g/mol. The smallest absolute Gasteiger partial charge is 0.408 e. The highest BCUT2D eigenvalue weighted by atomic mass is 32.2. The van der Waals surface area contributed by atoms with Crippen molar-refractivity contribution in [2.45, 2.75) is 4.90 Å². The summed E-state index contributed by atoms with van der Waals surface area (Å²) in [6.07, 6.45) is 3.09. The maximum Gasteiger partial charge on any atom is 0.417 e. The van der Waals surface area contributed by atoms with Crippen LogP contribution in [0, 0.1) is 0 Å². The monoisotopic (exact) mass is 475 g/mol. The van der Waals surface area contributed by atoms with Gasteiger partial charge < -0.3 is 15.1 Å². The molecule has 3 aromatic heterocycles. The van der Waals surface area contributed by atoms with E-state index in [4.69, 9.17) is 4.42 Å². The number of hydrogen-bond donors (Lipinski definition) is 4. The molecule has 0 saturated heterocycles. The number of sulfonamides is 1. The number of hydrogen-bond acceptors (Lipinski definition) is 9. The van der Waals surface area contributed by atoms with Crippen LogP contribution in [0.4, 0.5) is 28.8 Å². The predicted octanol–water partition coefficient (Wildman–Crippen LogP) is 3.59. The lowest BCUT2D eigenvalue weighted by molar-refractivity contribution is 0.555. The van der Waals surface area contributed by atoms with Gasteiger partial charge in [0.15, 0.2) is 5.58 Å². The third-order valence-corrected chi connectivity index (χ3v) is 6.08. The minimum atomic E-state index is -3.87. The molecule has 5 aromatic rings. The van der Waals surface area contributed by atoms with Crippen molar-refractivity contribution >= 4 is 50.0 Å². The van der Waals surface area contributed by atoms with Crippen LogP contribution in [0.2, 0.25) is 0 Å². The molecule has 0 aliphatic rings. The van der Waals surface area contributed by atoms with E-state index in [1.807, 2.05) is 18.2 Å². The fourth-order valence-electron chi connectivity index (χ4n) is 3.14. The molecular formula is C22H17N7O4S. The molecule has 0 atom stereocenters. The molecule has 5 rings (SSSR count). The molecular weight excluding hydrogens is 458 g/mol. The van der Waals surface area contributed by atoms with E-state index in [-0.39, 0.29) is 10.5 Å². The van der Waals surface area contributed by atoms with Crippen molar-refractivity contribution in [1.29, 1.82) is 0 Å². The third-order valence-electron chi connectivity index (χ3n) is 4.70. The molecule has 12 heteroatoms. The number of rotatable bonds is 7. The second-order valence-electron chi connectivity index (χ2n) is 7.11. The summed E-state index contributed by atoms with van der Waals surface area (Å²) in [5, 5.41) is 6.23. The van der Waals surface area contributed by atoms with E-state index in [0.29, 0.717) is 34.3 Å². The van der Waals surface area contributed by atoms with Crippen molar-refractivity contribution in [3.8, 4) is 0 Å². The second kappa shape index (κ2) is 8.67. The molecule has 0 spiro atoms. The van der Waals surface area contributed by atoms with Crippen LogP contribution in [-0.2, 0) is 10.0 Å². The standard InChI is InChI=1S/C22H17N7O4S/c30-22-27-17-11-16(8-9-18(17)33-22)34(31,32)29-15-6-4-14(5-7-15)26-20-12-21(25-13-24-20)28-19-3-1-2-10-23-19/h1-13,29H,(H,27,30)(H2,23,24,25,26,28). The Kier molecular flexibility index (Phi) is 5.40. The summed E-state index contributed by atoms with van der Waals surface area (Å²) < 4.78 is 32.9. The number of fused-ring (bicyclic) bond motifs is 1. The Morgan fingerprint density at radius 1 is 0.794 bits per heavy atom. The van der Waals surface area contributed by atoms with Crippen LogP contribution in [0.1, 0.15) is 0 Å². The fraction of sp³-hybridized carbons (Fsp3) is 0. The summed E-state index contributed by atoms with van der Waals surface area (Å²) in [6.45, 7) is 0. The van der Waals surface area contributed by atoms with Gasteiger partial charge in [-0.15, -0.1) is 0 Å². The Morgan fingerprint density at radius 3 is 2.32 bits per heavy atom. The molecule has 2 aromatic carbocycles. The first-order chi connectivity index (χ1) is 16.4. The SMILES string of the molecule is O=c1[nH]c2cc(S(=O)(=O)Nc3ccc(Nc4cc(Nc5ccccn5)ncn4)cc3)ccc2o1. The van der Waals surface area contributed by atoms with E-state index in [1.165, 1.54) is 24.5 Å². The second-order valence-corrected chi connectivity index (χ2v) is 8.79. The summed E-state index contributed by atoms with van der Waals surface area (Å²) in [7, 11) is -3.87. The molecule has 3 heterocycles. The van der Waals surface area contributed by atoms with Crippen LogP contribution in [0.15, 0.2) is 93.4 Å². The molecule has 0 aliphatic heterocycles. The van der Waals surface area contributed by atoms with Gasteiger partial charge in [-0.3, -0.25) is 9.71 Å². The number of anilines is 5. The topological polar surface area (TPSA) is 155 Å². The van der Waals surface area contributed by atoms with Gasteiger partial charge >= 0.3 is 5.76 Å². The van der Waals surface area contributed by atoms with Gasteiger partial charge in [0, 0.05) is 23.6 Å². The number of pyridine rings is 1. The zero-order valence-electron chi connectivity index (χ0n) is 17.4. The number of aromatic nitrogens is 4. The van der Waals surface area contributed by atoms with Gasteiger partial charge in [-0.05, 0) is 54.6 Å². The Morgan fingerprint density at radius 2 is 1.56 bits per heavy atom. The number of nitrogens with one attached hydrogen (secondary N) is 4. The maximum absolute atomic E-state index is 12.7. The van der Waals surface area contributed by atoms with Crippen LogP contribution in [0.3, 0.4) is 0 Å². The summed E-state index contributed by atoms with van der Waals surface area (Å²) in [4.78, 5) is 26.3. The summed E-state index contributed by atoms with van der Waals surface area (Å²) in [5.41, 5.74) is 1.64. The molecule has 0 amide bonds. The van der Waals surface area contributed by atoms with E-state index < -0.39 is 15.8 Å². The average Bonchev–Trinajstić information content (AvgIpc) is 3.20. The first kappa shape index (κ1) is 21.2. The van der Waals surface area contributed by atoms with E-state index in [1.54, 1.807) is 36.5 Å². The Labute approximate surface area is 193 Å². The lowest BCUT2D eigenvalue weighted by Gasteiger charge is -2.10. The van der Waals surface area contributed by atoms with Gasteiger partial charge in [0.25, 0.3) is 10.0 Å². The zero-order valence-corrected chi connectivity index (χ0v) is 18.2. The lowest BCUT2D eigenvalue weighted by Crippen LogP contribution is -2.12. The molecule has 0 fully saturated rings. The Bertz CT molecular complexity index is 1610. The lowest BCUT2D eigenvalue weighted by atomic mass is 10.3. The van der Waals surface area contributed by atoms with Crippen molar-refractivity contribution in [3.63, 3.8) is 0 Å². The molecule has 0 saturated carbocycles. The van der Waals surface area contributed by atoms with Crippen LogP contribution in [0.25, 0.3) is 11.1 Å². The zero-order chi connectivity index (χ0) is 23.5. The van der Waals surface area contributed by atoms with Crippen molar-refractivity contribution in [1.82, 2.24) is 19.9 Å². The fourth-order valence-corrected chi connectivity index (χ4v) is 4.23. The van der Waals surface area contributed by atoms with Gasteiger partial charge in [0.05, 0.1) is 10.4 Å². The molecule has 0 radical (unpaired) electrons. The highest BCUT2D eigenvalue weighted by Crippen LogP contribution is 2.23. The van der Waals surface area contributed by atoms with E-state index in [0.717, 1.165) is 0 Å². The first-order valence-corrected chi connectivity index (χ1v) is 11.5. The van der Waals surface area contributed by atoms with Crippen LogP contribution in [0.5, 0.6) is 0 Å². The quantitative estimate of drug-likeness (QED) is 0.276. The Balaban J connectivity index is 1.28. The predicted molar refractivity (Wildman–Crippen MR) is 127 cm³/mol. The molecule has 4 N–H and O–H groups in total. The van der Waals surface area contributed by atoms with Crippen molar-refractivity contribution < 1.29 is 12.8 Å². The maximum atomic E-state index is 12.7. The number of oxazole rings is 1. The van der Waals surface area contributed by atoms with Crippen LogP contribution < -0.4 is 21.1 Å². The van der Waals surface area contributed by atoms with Gasteiger partial charge in [-0.2, -0.15) is 0 Å². The summed E-state index contributed by atoms with van der Waals surface area (Å²) in [6, 6.07) is 18.0.